The Morgan fingerprint density at radius 3 is 2.64 bits per heavy atom. The fraction of sp³-hybridized carbons (Fsp3) is 0.100. The van der Waals surface area contributed by atoms with Gasteiger partial charge >= 0.3 is 0 Å². The van der Waals surface area contributed by atoms with E-state index in [4.69, 9.17) is 0 Å². The summed E-state index contributed by atoms with van der Waals surface area (Å²) in [6.45, 7) is 0. The highest BCUT2D eigenvalue weighted by molar-refractivity contribution is 9.10. The number of aromatic hydroxyl groups is 1. The van der Waals surface area contributed by atoms with Crippen LogP contribution in [0.15, 0.2) is 34.9 Å². The van der Waals surface area contributed by atoms with Gasteiger partial charge in [-0.15, -0.1) is 0 Å². The van der Waals surface area contributed by atoms with E-state index in [1.54, 1.807) is 23.0 Å². The van der Waals surface area contributed by atoms with E-state index in [2.05, 4.69) is 21.0 Å². The predicted molar refractivity (Wildman–Crippen MR) is 58.0 cm³/mol. The van der Waals surface area contributed by atoms with Gasteiger partial charge in [-0.2, -0.15) is 5.10 Å². The van der Waals surface area contributed by atoms with Gasteiger partial charge in [0.25, 0.3) is 0 Å². The van der Waals surface area contributed by atoms with Crippen molar-refractivity contribution in [1.82, 2.24) is 9.78 Å². The molecule has 0 bridgehead atoms. The maximum Gasteiger partial charge on any atom is 0.124 e. The molecule has 4 heteroatoms. The molecule has 1 N–H and O–H groups in total. The van der Waals surface area contributed by atoms with Crippen molar-refractivity contribution in [2.24, 2.45) is 7.05 Å². The van der Waals surface area contributed by atoms with Crippen molar-refractivity contribution < 1.29 is 5.11 Å². The van der Waals surface area contributed by atoms with E-state index < -0.39 is 0 Å². The number of nitrogens with zero attached hydrogens (tertiary/aromatic N) is 2. The molecule has 0 saturated carbocycles. The Hall–Kier alpha value is -1.29. The predicted octanol–water partition coefficient (Wildman–Crippen LogP) is 2.56. The van der Waals surface area contributed by atoms with Gasteiger partial charge in [0, 0.05) is 12.6 Å². The molecule has 0 fully saturated rings. The molecule has 0 saturated heterocycles. The van der Waals surface area contributed by atoms with Crippen LogP contribution in [-0.2, 0) is 7.05 Å². The summed E-state index contributed by atoms with van der Waals surface area (Å²) in [7, 11) is 1.84. The Balaban J connectivity index is 2.66. The van der Waals surface area contributed by atoms with Gasteiger partial charge in [0.05, 0.1) is 16.4 Å². The van der Waals surface area contributed by atoms with Gasteiger partial charge in [0.2, 0.25) is 0 Å². The van der Waals surface area contributed by atoms with Crippen LogP contribution in [0.1, 0.15) is 0 Å². The molecule has 0 radical (unpaired) electrons. The maximum atomic E-state index is 9.67. The van der Waals surface area contributed by atoms with Crippen molar-refractivity contribution in [2.45, 2.75) is 0 Å². The number of hydrogen-bond acceptors (Lipinski definition) is 2. The number of para-hydroxylation sites is 1. The highest BCUT2D eigenvalue weighted by atomic mass is 79.9. The summed E-state index contributed by atoms with van der Waals surface area (Å²) in [6.07, 6.45) is 1.71. The Labute approximate surface area is 90.1 Å². The fourth-order valence-electron chi connectivity index (χ4n) is 1.39. The molecular formula is C10H9BrN2O. The lowest BCUT2D eigenvalue weighted by Crippen LogP contribution is -1.93. The maximum absolute atomic E-state index is 9.67. The SMILES string of the molecule is Cn1ncc(Br)c1-c1ccccc1O. The minimum absolute atomic E-state index is 0.261. The zero-order valence-electron chi connectivity index (χ0n) is 7.61. The molecule has 14 heavy (non-hydrogen) atoms. The van der Waals surface area contributed by atoms with E-state index in [0.717, 1.165) is 15.7 Å². The number of rotatable bonds is 1. The fourth-order valence-corrected chi connectivity index (χ4v) is 1.95. The van der Waals surface area contributed by atoms with Crippen LogP contribution in [0.25, 0.3) is 11.3 Å². The number of phenols is 1. The molecule has 1 heterocycles. The topological polar surface area (TPSA) is 38.0 Å². The van der Waals surface area contributed by atoms with Crippen molar-refractivity contribution in [1.29, 1.82) is 0 Å². The van der Waals surface area contributed by atoms with Crippen LogP contribution in [0.5, 0.6) is 5.75 Å². The van der Waals surface area contributed by atoms with E-state index in [1.165, 1.54) is 0 Å². The van der Waals surface area contributed by atoms with Crippen LogP contribution in [0.3, 0.4) is 0 Å². The third-order valence-corrected chi connectivity index (χ3v) is 2.63. The van der Waals surface area contributed by atoms with Crippen molar-refractivity contribution in [3.8, 4) is 17.0 Å². The van der Waals surface area contributed by atoms with Gasteiger partial charge in [0.15, 0.2) is 0 Å². The first-order valence-corrected chi connectivity index (χ1v) is 4.95. The molecule has 0 aliphatic heterocycles. The standard InChI is InChI=1S/C10H9BrN2O/c1-13-10(8(11)6-12-13)7-4-2-3-5-9(7)14/h2-6,14H,1H3. The molecular weight excluding hydrogens is 244 g/mol. The summed E-state index contributed by atoms with van der Waals surface area (Å²) in [6, 6.07) is 7.20. The summed E-state index contributed by atoms with van der Waals surface area (Å²) in [5.74, 6) is 0.261. The summed E-state index contributed by atoms with van der Waals surface area (Å²) in [4.78, 5) is 0. The summed E-state index contributed by atoms with van der Waals surface area (Å²) < 4.78 is 2.60. The van der Waals surface area contributed by atoms with E-state index in [-0.39, 0.29) is 5.75 Å². The average Bonchev–Trinajstić information content (AvgIpc) is 2.48. The van der Waals surface area contributed by atoms with Crippen molar-refractivity contribution in [2.75, 3.05) is 0 Å². The largest absolute Gasteiger partial charge is 0.507 e. The van der Waals surface area contributed by atoms with Gasteiger partial charge in [-0.3, -0.25) is 4.68 Å². The number of halogens is 1. The molecule has 0 unspecified atom stereocenters. The van der Waals surface area contributed by atoms with Crippen molar-refractivity contribution in [3.63, 3.8) is 0 Å². The quantitative estimate of drug-likeness (QED) is 0.848. The van der Waals surface area contributed by atoms with Crippen LogP contribution in [-0.4, -0.2) is 14.9 Å². The van der Waals surface area contributed by atoms with Crippen LogP contribution in [0.2, 0.25) is 0 Å². The summed E-state index contributed by atoms with van der Waals surface area (Å²) >= 11 is 3.39. The van der Waals surface area contributed by atoms with Gasteiger partial charge < -0.3 is 5.11 Å². The third kappa shape index (κ3) is 1.42. The average molecular weight is 253 g/mol. The molecule has 0 spiro atoms. The zero-order valence-corrected chi connectivity index (χ0v) is 9.19. The first kappa shape index (κ1) is 9.27. The Bertz CT molecular complexity index is 445. The van der Waals surface area contributed by atoms with Gasteiger partial charge in [-0.05, 0) is 28.1 Å². The number of phenolic OH excluding ortho intramolecular Hbond substituents is 1. The van der Waals surface area contributed by atoms with Gasteiger partial charge in [-0.1, -0.05) is 12.1 Å². The molecule has 0 amide bonds. The monoisotopic (exact) mass is 252 g/mol. The van der Waals surface area contributed by atoms with Gasteiger partial charge in [-0.25, -0.2) is 0 Å². The minimum Gasteiger partial charge on any atom is -0.507 e. The molecule has 72 valence electrons. The Morgan fingerprint density at radius 2 is 2.07 bits per heavy atom. The first-order valence-electron chi connectivity index (χ1n) is 4.16. The van der Waals surface area contributed by atoms with Crippen LogP contribution in [0.4, 0.5) is 0 Å². The first-order chi connectivity index (χ1) is 6.70. The number of aromatic nitrogens is 2. The van der Waals surface area contributed by atoms with Gasteiger partial charge in [0.1, 0.15) is 5.75 Å². The van der Waals surface area contributed by atoms with Crippen LogP contribution < -0.4 is 0 Å². The second kappa shape index (κ2) is 3.46. The van der Waals surface area contributed by atoms with E-state index >= 15 is 0 Å². The molecule has 3 nitrogen and oxygen atoms in total. The summed E-state index contributed by atoms with van der Waals surface area (Å²) in [5.41, 5.74) is 1.66. The molecule has 1 aromatic carbocycles. The molecule has 2 rings (SSSR count). The van der Waals surface area contributed by atoms with E-state index in [9.17, 15) is 5.11 Å². The zero-order chi connectivity index (χ0) is 10.1. The normalized spacial score (nSPS) is 10.4. The second-order valence-corrected chi connectivity index (χ2v) is 3.84. The molecule has 1 aromatic heterocycles. The lowest BCUT2D eigenvalue weighted by Gasteiger charge is -2.05. The second-order valence-electron chi connectivity index (χ2n) is 2.98. The smallest absolute Gasteiger partial charge is 0.124 e. The lowest BCUT2D eigenvalue weighted by molar-refractivity contribution is 0.476. The summed E-state index contributed by atoms with van der Waals surface area (Å²) in [5, 5.41) is 13.8. The van der Waals surface area contributed by atoms with E-state index in [0.29, 0.717) is 0 Å². The number of hydrogen-bond donors (Lipinski definition) is 1. The molecule has 2 aromatic rings. The van der Waals surface area contributed by atoms with Crippen LogP contribution in [0, 0.1) is 0 Å². The number of benzene rings is 1. The number of aryl methyl sites for hydroxylation is 1. The van der Waals surface area contributed by atoms with Crippen molar-refractivity contribution in [3.05, 3.63) is 34.9 Å². The third-order valence-electron chi connectivity index (χ3n) is 2.05. The van der Waals surface area contributed by atoms with E-state index in [1.807, 2.05) is 19.2 Å². The molecule has 0 aliphatic rings. The molecule has 0 atom stereocenters. The Morgan fingerprint density at radius 1 is 1.36 bits per heavy atom. The van der Waals surface area contributed by atoms with Crippen LogP contribution >= 0.6 is 15.9 Å². The Kier molecular flexibility index (Phi) is 2.29. The minimum atomic E-state index is 0.261. The lowest BCUT2D eigenvalue weighted by atomic mass is 10.1. The highest BCUT2D eigenvalue weighted by Gasteiger charge is 2.11. The van der Waals surface area contributed by atoms with Crippen molar-refractivity contribution >= 4 is 15.9 Å². The highest BCUT2D eigenvalue weighted by Crippen LogP contribution is 2.33. The molecule has 0 aliphatic carbocycles.